The molecule has 0 atom stereocenters. The molecule has 7 heteroatoms. The van der Waals surface area contributed by atoms with Crippen molar-refractivity contribution in [1.29, 1.82) is 0 Å². The predicted octanol–water partition coefficient (Wildman–Crippen LogP) is 7.99. The highest BCUT2D eigenvalue weighted by Crippen LogP contribution is 2.39. The summed E-state index contributed by atoms with van der Waals surface area (Å²) in [6.45, 7) is 6.30. The van der Waals surface area contributed by atoms with Crippen molar-refractivity contribution in [1.82, 2.24) is 4.98 Å². The summed E-state index contributed by atoms with van der Waals surface area (Å²) < 4.78 is 33.9. The molecule has 0 saturated heterocycles. The number of unbranched alkanes of at least 4 members (excludes halogenated alkanes) is 3. The van der Waals surface area contributed by atoms with E-state index in [0.29, 0.717) is 23.9 Å². The van der Waals surface area contributed by atoms with Crippen molar-refractivity contribution in [3.63, 3.8) is 0 Å². The maximum atomic E-state index is 6.08. The third-order valence-electron chi connectivity index (χ3n) is 6.79. The highest BCUT2D eigenvalue weighted by Gasteiger charge is 2.14. The third kappa shape index (κ3) is 9.55. The number of benzene rings is 2. The van der Waals surface area contributed by atoms with Crippen LogP contribution in [0.25, 0.3) is 24.3 Å². The number of aromatic nitrogens is 1. The van der Waals surface area contributed by atoms with Gasteiger partial charge in [-0.25, -0.2) is 4.98 Å². The molecule has 0 unspecified atom stereocenters. The van der Waals surface area contributed by atoms with Crippen molar-refractivity contribution in [2.75, 3.05) is 48.3 Å². The van der Waals surface area contributed by atoms with Crippen LogP contribution in [0.2, 0.25) is 0 Å². The maximum absolute atomic E-state index is 6.08. The Bertz CT molecular complexity index is 1270. The average molecular weight is 576 g/mol. The Hall–Kier alpha value is -3.97. The molecule has 1 aromatic heterocycles. The molecule has 0 aliphatic rings. The van der Waals surface area contributed by atoms with Crippen molar-refractivity contribution in [2.45, 2.75) is 46.0 Å². The van der Waals surface area contributed by atoms with E-state index in [9.17, 15) is 0 Å². The van der Waals surface area contributed by atoms with Crippen LogP contribution in [0.4, 0.5) is 0 Å². The van der Waals surface area contributed by atoms with Gasteiger partial charge < -0.3 is 28.4 Å². The summed E-state index contributed by atoms with van der Waals surface area (Å²) in [4.78, 5) is 4.77. The molecule has 0 radical (unpaired) electrons. The minimum Gasteiger partial charge on any atom is -0.496 e. The average Bonchev–Trinajstić information content (AvgIpc) is 3.03. The van der Waals surface area contributed by atoms with Crippen molar-refractivity contribution < 1.29 is 28.4 Å². The molecule has 0 aliphatic heterocycles. The van der Waals surface area contributed by atoms with E-state index in [2.05, 4.69) is 6.92 Å². The van der Waals surface area contributed by atoms with Crippen LogP contribution in [0.3, 0.4) is 0 Å². The number of pyridine rings is 1. The van der Waals surface area contributed by atoms with E-state index in [1.54, 1.807) is 28.4 Å². The third-order valence-corrected chi connectivity index (χ3v) is 6.79. The number of methoxy groups -OCH3 is 4. The minimum atomic E-state index is 0.600. The van der Waals surface area contributed by atoms with Crippen LogP contribution < -0.4 is 23.7 Å². The van der Waals surface area contributed by atoms with E-state index in [0.717, 1.165) is 84.9 Å². The number of hydrogen-bond donors (Lipinski definition) is 0. The molecule has 0 aliphatic carbocycles. The highest BCUT2D eigenvalue weighted by atomic mass is 16.5. The number of ether oxygens (including phenoxy) is 6. The lowest BCUT2D eigenvalue weighted by molar-refractivity contribution is 0.142. The van der Waals surface area contributed by atoms with E-state index in [4.69, 9.17) is 33.4 Å². The van der Waals surface area contributed by atoms with Crippen LogP contribution in [0.15, 0.2) is 42.5 Å². The molecular weight excluding hydrogens is 530 g/mol. The zero-order valence-corrected chi connectivity index (χ0v) is 25.9. The van der Waals surface area contributed by atoms with Gasteiger partial charge >= 0.3 is 0 Å². The normalized spacial score (nSPS) is 11.3. The number of hydrogen-bond acceptors (Lipinski definition) is 7. The Morgan fingerprint density at radius 2 is 1.12 bits per heavy atom. The number of nitrogens with zero attached hydrogens (tertiary/aromatic N) is 1. The zero-order valence-electron chi connectivity index (χ0n) is 25.9. The van der Waals surface area contributed by atoms with Gasteiger partial charge in [-0.15, -0.1) is 0 Å². The van der Waals surface area contributed by atoms with Crippen molar-refractivity contribution in [3.8, 4) is 28.7 Å². The molecule has 226 valence electrons. The Kier molecular flexibility index (Phi) is 13.8. The molecule has 2 aromatic carbocycles. The van der Waals surface area contributed by atoms with Gasteiger partial charge in [-0.3, -0.25) is 0 Å². The van der Waals surface area contributed by atoms with Crippen LogP contribution in [0.5, 0.6) is 28.7 Å². The van der Waals surface area contributed by atoms with Gasteiger partial charge in [0.1, 0.15) is 11.5 Å². The van der Waals surface area contributed by atoms with Gasteiger partial charge in [0, 0.05) is 18.8 Å². The fourth-order valence-electron chi connectivity index (χ4n) is 4.58. The summed E-state index contributed by atoms with van der Waals surface area (Å²) in [7, 11) is 6.64. The monoisotopic (exact) mass is 575 g/mol. The summed E-state index contributed by atoms with van der Waals surface area (Å²) in [5, 5.41) is 0. The van der Waals surface area contributed by atoms with E-state index in [1.165, 1.54) is 0 Å². The molecule has 1 heterocycles. The second-order valence-corrected chi connectivity index (χ2v) is 9.63. The predicted molar refractivity (Wildman–Crippen MR) is 171 cm³/mol. The van der Waals surface area contributed by atoms with Crippen molar-refractivity contribution >= 4 is 24.3 Å². The second-order valence-electron chi connectivity index (χ2n) is 9.63. The largest absolute Gasteiger partial charge is 0.496 e. The van der Waals surface area contributed by atoms with Gasteiger partial charge in [-0.2, -0.15) is 0 Å². The van der Waals surface area contributed by atoms with Crippen molar-refractivity contribution in [3.05, 3.63) is 70.5 Å². The van der Waals surface area contributed by atoms with Gasteiger partial charge in [-0.1, -0.05) is 31.6 Å². The van der Waals surface area contributed by atoms with E-state index >= 15 is 0 Å². The van der Waals surface area contributed by atoms with Crippen LogP contribution in [0, 0.1) is 0 Å². The summed E-state index contributed by atoms with van der Waals surface area (Å²) in [6.07, 6.45) is 13.0. The van der Waals surface area contributed by atoms with Crippen LogP contribution in [0.1, 0.15) is 67.6 Å². The molecule has 0 fully saturated rings. The molecule has 3 rings (SSSR count). The first-order valence-electron chi connectivity index (χ1n) is 14.6. The Labute approximate surface area is 251 Å². The van der Waals surface area contributed by atoms with Gasteiger partial charge in [0.05, 0.1) is 46.4 Å². The maximum Gasteiger partial charge on any atom is 0.203 e. The molecule has 0 bridgehead atoms. The molecule has 0 amide bonds. The lowest BCUT2D eigenvalue weighted by atomic mass is 10.1. The lowest BCUT2D eigenvalue weighted by Gasteiger charge is -2.15. The van der Waals surface area contributed by atoms with E-state index in [1.807, 2.05) is 73.7 Å². The molecule has 42 heavy (non-hydrogen) atoms. The first-order valence-corrected chi connectivity index (χ1v) is 14.6. The van der Waals surface area contributed by atoms with E-state index < -0.39 is 0 Å². The molecule has 0 N–H and O–H groups in total. The Balaban J connectivity index is 1.69. The quantitative estimate of drug-likeness (QED) is 0.142. The van der Waals surface area contributed by atoms with Crippen LogP contribution in [-0.2, 0) is 11.2 Å². The van der Waals surface area contributed by atoms with Crippen LogP contribution >= 0.6 is 0 Å². The molecule has 7 nitrogen and oxygen atoms in total. The Morgan fingerprint density at radius 3 is 1.60 bits per heavy atom. The molecule has 3 aromatic rings. The smallest absolute Gasteiger partial charge is 0.203 e. The highest BCUT2D eigenvalue weighted by molar-refractivity contribution is 5.74. The van der Waals surface area contributed by atoms with Crippen molar-refractivity contribution in [2.24, 2.45) is 0 Å². The summed E-state index contributed by atoms with van der Waals surface area (Å²) in [5.74, 6) is 3.52. The standard InChI is InChI=1S/C35H45NO6/c1-7-30-31(37-3)22-26(23-32(30)38-4)16-18-28-14-13-15-29(36-28)19-17-27-24-33(39-5)35(34(25-27)40-6)42-21-12-10-9-11-20-41-8-2/h13-19,22-25H,7-12,20-21H2,1-6H3/b18-16+,19-17+. The van der Waals surface area contributed by atoms with Gasteiger partial charge in [0.25, 0.3) is 0 Å². The summed E-state index contributed by atoms with van der Waals surface area (Å²) in [5.41, 5.74) is 4.62. The molecular formula is C35H45NO6. The fourth-order valence-corrected chi connectivity index (χ4v) is 4.58. The first kappa shape index (κ1) is 32.5. The second kappa shape index (κ2) is 17.8. The van der Waals surface area contributed by atoms with Gasteiger partial charge in [-0.05, 0) is 92.3 Å². The molecule has 0 spiro atoms. The number of rotatable bonds is 18. The summed E-state index contributed by atoms with van der Waals surface area (Å²) in [6, 6.07) is 13.8. The Morgan fingerprint density at radius 1 is 0.619 bits per heavy atom. The zero-order chi connectivity index (χ0) is 30.2. The van der Waals surface area contributed by atoms with Gasteiger partial charge in [0.15, 0.2) is 11.5 Å². The molecule has 0 saturated carbocycles. The fraction of sp³-hybridized carbons (Fsp3) is 0.400. The van der Waals surface area contributed by atoms with Crippen LogP contribution in [-0.4, -0.2) is 53.2 Å². The van der Waals surface area contributed by atoms with Gasteiger partial charge in [0.2, 0.25) is 5.75 Å². The summed E-state index contributed by atoms with van der Waals surface area (Å²) >= 11 is 0. The SMILES string of the molecule is CCOCCCCCCOc1c(OC)cc(/C=C/c2cccc(/C=C/c3cc(OC)c(CC)c(OC)c3)n2)cc1OC. The minimum absolute atomic E-state index is 0.600. The van der Waals surface area contributed by atoms with E-state index in [-0.39, 0.29) is 0 Å². The lowest BCUT2D eigenvalue weighted by Crippen LogP contribution is -2.02. The first-order chi connectivity index (χ1) is 20.6. The topological polar surface area (TPSA) is 68.3 Å².